The molecule has 6 nitrogen and oxygen atoms in total. The number of nitro groups is 1. The first-order chi connectivity index (χ1) is 10.2. The Hall–Kier alpha value is -1.84. The molecule has 1 aromatic rings. The highest BCUT2D eigenvalue weighted by molar-refractivity contribution is 5.49. The molecule has 1 aliphatic heterocycles. The molecule has 0 bridgehead atoms. The zero-order chi connectivity index (χ0) is 15.1. The van der Waals surface area contributed by atoms with Crippen LogP contribution in [0.5, 0.6) is 5.75 Å². The number of benzene rings is 1. The van der Waals surface area contributed by atoms with Crippen molar-refractivity contribution in [3.63, 3.8) is 0 Å². The van der Waals surface area contributed by atoms with Crippen molar-refractivity contribution in [2.45, 2.75) is 25.7 Å². The molecular formula is C15H19ClN3O3-. The summed E-state index contributed by atoms with van der Waals surface area (Å²) in [7, 11) is 0. The Morgan fingerprint density at radius 3 is 2.68 bits per heavy atom. The summed E-state index contributed by atoms with van der Waals surface area (Å²) >= 11 is 0. The Morgan fingerprint density at radius 1 is 1.32 bits per heavy atom. The summed E-state index contributed by atoms with van der Waals surface area (Å²) in [6.45, 7) is 3.71. The van der Waals surface area contributed by atoms with Crippen LogP contribution in [0, 0.1) is 21.4 Å². The first kappa shape index (κ1) is 18.2. The van der Waals surface area contributed by atoms with Gasteiger partial charge < -0.3 is 22.0 Å². The van der Waals surface area contributed by atoms with Crippen LogP contribution in [0.3, 0.4) is 0 Å². The summed E-state index contributed by atoms with van der Waals surface area (Å²) in [5.41, 5.74) is 0.276. The van der Waals surface area contributed by atoms with Gasteiger partial charge in [-0.05, 0) is 38.4 Å². The maximum atomic E-state index is 10.7. The van der Waals surface area contributed by atoms with E-state index in [1.807, 2.05) is 6.07 Å². The van der Waals surface area contributed by atoms with Gasteiger partial charge in [0, 0.05) is 12.6 Å². The number of nitrogens with zero attached hydrogens (tertiary/aromatic N) is 3. The smallest absolute Gasteiger partial charge is 0.273 e. The lowest BCUT2D eigenvalue weighted by atomic mass is 10.1. The van der Waals surface area contributed by atoms with E-state index in [-0.39, 0.29) is 18.1 Å². The molecule has 0 N–H and O–H groups in total. The first-order valence-electron chi connectivity index (χ1n) is 7.24. The predicted molar refractivity (Wildman–Crippen MR) is 78.2 cm³/mol. The van der Waals surface area contributed by atoms with E-state index < -0.39 is 4.92 Å². The number of nitriles is 1. The minimum Gasteiger partial charge on any atom is -1.00 e. The lowest BCUT2D eigenvalue weighted by Gasteiger charge is -2.26. The van der Waals surface area contributed by atoms with Crippen molar-refractivity contribution in [3.05, 3.63) is 33.9 Å². The number of likely N-dealkylation sites (tertiary alicyclic amines) is 1. The number of hydrogen-bond acceptors (Lipinski definition) is 5. The van der Waals surface area contributed by atoms with Crippen molar-refractivity contribution in [2.24, 2.45) is 0 Å². The number of rotatable bonds is 6. The summed E-state index contributed by atoms with van der Waals surface area (Å²) in [5, 5.41) is 19.7. The monoisotopic (exact) mass is 324 g/mol. The Morgan fingerprint density at radius 2 is 2.05 bits per heavy atom. The molecule has 0 radical (unpaired) electrons. The van der Waals surface area contributed by atoms with Gasteiger partial charge in [-0.15, -0.1) is 0 Å². The summed E-state index contributed by atoms with van der Waals surface area (Å²) in [6, 6.07) is 6.06. The molecular weight excluding hydrogens is 306 g/mol. The summed E-state index contributed by atoms with van der Waals surface area (Å²) < 4.78 is 5.56. The molecule has 0 spiro atoms. The van der Waals surface area contributed by atoms with Crippen LogP contribution < -0.4 is 17.1 Å². The summed E-state index contributed by atoms with van der Waals surface area (Å²) in [6.07, 6.45) is 4.68. The van der Waals surface area contributed by atoms with Crippen molar-refractivity contribution >= 4 is 5.69 Å². The molecule has 7 heteroatoms. The van der Waals surface area contributed by atoms with E-state index in [4.69, 9.17) is 10.00 Å². The van der Waals surface area contributed by atoms with E-state index in [9.17, 15) is 10.1 Å². The maximum Gasteiger partial charge on any atom is 0.273 e. The van der Waals surface area contributed by atoms with E-state index in [1.54, 1.807) is 0 Å². The molecule has 1 fully saturated rings. The zero-order valence-electron chi connectivity index (χ0n) is 12.3. The number of nitro benzene ring substituents is 1. The number of halogens is 1. The molecule has 0 atom stereocenters. The molecule has 120 valence electrons. The van der Waals surface area contributed by atoms with Crippen molar-refractivity contribution in [2.75, 3.05) is 26.2 Å². The highest BCUT2D eigenvalue weighted by atomic mass is 35.5. The SMILES string of the molecule is N#Cc1ccc([N+](=O)[O-])cc1OCCCN1CCCCC1.[Cl-]. The topological polar surface area (TPSA) is 79.4 Å². The fraction of sp³-hybridized carbons (Fsp3) is 0.533. The van der Waals surface area contributed by atoms with Crippen molar-refractivity contribution in [1.29, 1.82) is 5.26 Å². The van der Waals surface area contributed by atoms with E-state index in [0.717, 1.165) is 26.1 Å². The van der Waals surface area contributed by atoms with Crippen LogP contribution in [-0.2, 0) is 0 Å². The molecule has 1 heterocycles. The third-order valence-corrected chi connectivity index (χ3v) is 3.62. The van der Waals surface area contributed by atoms with E-state index >= 15 is 0 Å². The molecule has 1 saturated heterocycles. The van der Waals surface area contributed by atoms with Gasteiger partial charge in [-0.1, -0.05) is 6.42 Å². The van der Waals surface area contributed by atoms with Crippen LogP contribution >= 0.6 is 0 Å². The van der Waals surface area contributed by atoms with Crippen molar-refractivity contribution in [1.82, 2.24) is 4.90 Å². The standard InChI is InChI=1S/C15H19N3O3.ClH/c16-12-13-5-6-14(18(19)20)11-15(13)21-10-4-9-17-7-2-1-3-8-17;/h5-6,11H,1-4,7-10H2;1H/p-1. The van der Waals surface area contributed by atoms with Crippen LogP contribution in [-0.4, -0.2) is 36.1 Å². The average molecular weight is 325 g/mol. The van der Waals surface area contributed by atoms with E-state index in [1.165, 1.54) is 37.5 Å². The molecule has 2 rings (SSSR count). The van der Waals surface area contributed by atoms with Gasteiger partial charge in [0.1, 0.15) is 11.8 Å². The number of piperidine rings is 1. The van der Waals surface area contributed by atoms with Gasteiger partial charge in [-0.3, -0.25) is 10.1 Å². The number of hydrogen-bond donors (Lipinski definition) is 0. The van der Waals surface area contributed by atoms with Gasteiger partial charge in [0.05, 0.1) is 23.2 Å². The molecule has 0 saturated carbocycles. The third-order valence-electron chi connectivity index (χ3n) is 3.62. The molecule has 1 aromatic carbocycles. The number of ether oxygens (including phenoxy) is 1. The quantitative estimate of drug-likeness (QED) is 0.409. The number of non-ortho nitro benzene ring substituents is 1. The maximum absolute atomic E-state index is 10.7. The Balaban J connectivity index is 0.00000242. The molecule has 1 aliphatic rings. The minimum atomic E-state index is -0.484. The highest BCUT2D eigenvalue weighted by Crippen LogP contribution is 2.24. The zero-order valence-corrected chi connectivity index (χ0v) is 13.1. The van der Waals surface area contributed by atoms with Crippen LogP contribution in [0.1, 0.15) is 31.2 Å². The van der Waals surface area contributed by atoms with Crippen molar-refractivity contribution in [3.8, 4) is 11.8 Å². The molecule has 0 unspecified atom stereocenters. The van der Waals surface area contributed by atoms with Gasteiger partial charge in [0.15, 0.2) is 0 Å². The average Bonchev–Trinajstić information content (AvgIpc) is 2.52. The van der Waals surface area contributed by atoms with Gasteiger partial charge in [0.2, 0.25) is 0 Å². The largest absolute Gasteiger partial charge is 1.00 e. The second-order valence-electron chi connectivity index (χ2n) is 5.15. The van der Waals surface area contributed by atoms with E-state index in [0.29, 0.717) is 17.9 Å². The lowest BCUT2D eigenvalue weighted by molar-refractivity contribution is -0.384. The van der Waals surface area contributed by atoms with Crippen LogP contribution in [0.2, 0.25) is 0 Å². The lowest BCUT2D eigenvalue weighted by Crippen LogP contribution is -3.00. The van der Waals surface area contributed by atoms with E-state index in [2.05, 4.69) is 4.90 Å². The Kier molecular flexibility index (Phi) is 7.64. The first-order valence-corrected chi connectivity index (χ1v) is 7.24. The predicted octanol–water partition coefficient (Wildman–Crippen LogP) is -0.275. The summed E-state index contributed by atoms with van der Waals surface area (Å²) in [4.78, 5) is 12.7. The van der Waals surface area contributed by atoms with Gasteiger partial charge in [0.25, 0.3) is 5.69 Å². The second kappa shape index (κ2) is 9.23. The summed E-state index contributed by atoms with van der Waals surface area (Å²) in [5.74, 6) is 0.297. The highest BCUT2D eigenvalue weighted by Gasteiger charge is 2.12. The third kappa shape index (κ3) is 5.17. The van der Waals surface area contributed by atoms with Gasteiger partial charge in [-0.25, -0.2) is 0 Å². The molecule has 0 amide bonds. The Bertz CT molecular complexity index is 539. The van der Waals surface area contributed by atoms with Crippen LogP contribution in [0.4, 0.5) is 5.69 Å². The normalized spacial score (nSPS) is 14.7. The molecule has 22 heavy (non-hydrogen) atoms. The Labute approximate surface area is 136 Å². The van der Waals surface area contributed by atoms with Gasteiger partial charge >= 0.3 is 0 Å². The van der Waals surface area contributed by atoms with Crippen molar-refractivity contribution < 1.29 is 22.1 Å². The van der Waals surface area contributed by atoms with Crippen LogP contribution in [0.25, 0.3) is 0 Å². The van der Waals surface area contributed by atoms with Gasteiger partial charge in [-0.2, -0.15) is 5.26 Å². The fourth-order valence-corrected chi connectivity index (χ4v) is 2.49. The minimum absolute atomic E-state index is 0. The molecule has 0 aliphatic carbocycles. The van der Waals surface area contributed by atoms with Crippen LogP contribution in [0.15, 0.2) is 18.2 Å². The molecule has 0 aromatic heterocycles. The fourth-order valence-electron chi connectivity index (χ4n) is 2.49. The second-order valence-corrected chi connectivity index (χ2v) is 5.15.